The maximum Gasteiger partial charge on any atom is 0.354 e. The molecule has 4 heterocycles. The molecule has 0 spiro atoms. The first-order chi connectivity index (χ1) is 16.8. The Kier molecular flexibility index (Phi) is 4.81. The highest BCUT2D eigenvalue weighted by molar-refractivity contribution is 7.99. The van der Waals surface area contributed by atoms with Crippen molar-refractivity contribution in [3.05, 3.63) is 70.1 Å². The third-order valence-corrected chi connectivity index (χ3v) is 6.94. The molecule has 1 unspecified atom stereocenters. The Labute approximate surface area is 198 Å². The molecule has 35 heavy (non-hydrogen) atoms. The van der Waals surface area contributed by atoms with Gasteiger partial charge >= 0.3 is 5.97 Å². The van der Waals surface area contributed by atoms with Crippen molar-refractivity contribution in [1.29, 1.82) is 0 Å². The van der Waals surface area contributed by atoms with Crippen LogP contribution in [0.5, 0.6) is 0 Å². The second-order valence-corrected chi connectivity index (χ2v) is 9.20. The van der Waals surface area contributed by atoms with E-state index in [9.17, 15) is 27.9 Å². The number of hydrogen-bond acceptors (Lipinski definition) is 6. The normalized spacial score (nSPS) is 17.5. The van der Waals surface area contributed by atoms with Crippen LogP contribution in [0, 0.1) is 17.5 Å². The van der Waals surface area contributed by atoms with Crippen LogP contribution in [-0.4, -0.2) is 31.8 Å². The number of anilines is 1. The van der Waals surface area contributed by atoms with Crippen molar-refractivity contribution in [2.75, 3.05) is 5.32 Å². The molecule has 8 nitrogen and oxygen atoms in total. The van der Waals surface area contributed by atoms with Crippen molar-refractivity contribution in [1.82, 2.24) is 15.0 Å². The summed E-state index contributed by atoms with van der Waals surface area (Å²) >= 11 is 0.977. The number of furan rings is 1. The summed E-state index contributed by atoms with van der Waals surface area (Å²) in [6.45, 7) is 0. The molecule has 3 aromatic heterocycles. The number of imidazole rings is 1. The molecule has 12 heteroatoms. The molecule has 0 saturated heterocycles. The van der Waals surface area contributed by atoms with Gasteiger partial charge in [-0.3, -0.25) is 4.79 Å². The third kappa shape index (κ3) is 3.35. The van der Waals surface area contributed by atoms with E-state index in [-0.39, 0.29) is 27.7 Å². The van der Waals surface area contributed by atoms with Crippen LogP contribution in [0.25, 0.3) is 11.0 Å². The van der Waals surface area contributed by atoms with Crippen molar-refractivity contribution in [2.24, 2.45) is 0 Å². The number of fused-ring (bicyclic) bond motifs is 2. The molecule has 2 aliphatic rings. The summed E-state index contributed by atoms with van der Waals surface area (Å²) < 4.78 is 47.1. The molecule has 0 bridgehead atoms. The second kappa shape index (κ2) is 7.80. The van der Waals surface area contributed by atoms with Gasteiger partial charge in [-0.25, -0.2) is 22.9 Å². The number of ketones is 1. The molecular formula is C23H15F3N4O4S. The Balaban J connectivity index is 1.39. The standard InChI is InChI=1S/C23H15F3N4O4S/c24-9-6-11-20(18(26)17(9)25)30-23(29-11)35-14-5-4-13(34-14)15-8-7-27-21(22(32)33)19(8)28-10-2-1-3-12(31)16(10)15/h4-7,15,27-28H,1-3H2,(H,29,30)(H,32,33). The lowest BCUT2D eigenvalue weighted by Crippen LogP contribution is -2.26. The number of carbonyl (C=O) groups excluding carboxylic acids is 1. The van der Waals surface area contributed by atoms with Gasteiger partial charge in [0, 0.05) is 35.5 Å². The van der Waals surface area contributed by atoms with Crippen LogP contribution >= 0.6 is 11.8 Å². The number of aromatic nitrogens is 3. The number of aromatic amines is 2. The molecule has 6 rings (SSSR count). The van der Waals surface area contributed by atoms with E-state index in [0.717, 1.165) is 17.8 Å². The smallest absolute Gasteiger partial charge is 0.354 e. The third-order valence-electron chi connectivity index (χ3n) is 6.13. The minimum atomic E-state index is -1.60. The van der Waals surface area contributed by atoms with Crippen molar-refractivity contribution in [2.45, 2.75) is 35.4 Å². The van der Waals surface area contributed by atoms with Gasteiger partial charge in [0.05, 0.1) is 17.1 Å². The number of rotatable bonds is 4. The number of carbonyl (C=O) groups is 2. The molecule has 0 radical (unpaired) electrons. The fraction of sp³-hybridized carbons (Fsp3) is 0.174. The summed E-state index contributed by atoms with van der Waals surface area (Å²) in [5.41, 5.74) is 1.80. The van der Waals surface area contributed by atoms with Gasteiger partial charge < -0.3 is 24.8 Å². The van der Waals surface area contributed by atoms with Gasteiger partial charge in [-0.1, -0.05) is 0 Å². The lowest BCUT2D eigenvalue weighted by atomic mass is 9.78. The van der Waals surface area contributed by atoms with Gasteiger partial charge in [0.1, 0.15) is 17.0 Å². The van der Waals surface area contributed by atoms with Crippen molar-refractivity contribution < 1.29 is 32.3 Å². The first kappa shape index (κ1) is 21.6. The summed E-state index contributed by atoms with van der Waals surface area (Å²) in [6.07, 6.45) is 3.18. The first-order valence-electron chi connectivity index (χ1n) is 10.6. The zero-order valence-electron chi connectivity index (χ0n) is 17.7. The van der Waals surface area contributed by atoms with Gasteiger partial charge in [0.2, 0.25) is 0 Å². The molecule has 0 amide bonds. The van der Waals surface area contributed by atoms with Gasteiger partial charge in [0.15, 0.2) is 33.5 Å². The van der Waals surface area contributed by atoms with Crippen LogP contribution in [0.4, 0.5) is 18.9 Å². The summed E-state index contributed by atoms with van der Waals surface area (Å²) in [5, 5.41) is 13.2. The minimum absolute atomic E-state index is 0.00482. The van der Waals surface area contributed by atoms with Gasteiger partial charge in [-0.15, -0.1) is 0 Å². The van der Waals surface area contributed by atoms with E-state index in [2.05, 4.69) is 20.3 Å². The number of nitrogens with one attached hydrogen (secondary N) is 3. The van der Waals surface area contributed by atoms with Crippen LogP contribution in [0.1, 0.15) is 47.0 Å². The Morgan fingerprint density at radius 2 is 2.03 bits per heavy atom. The lowest BCUT2D eigenvalue weighted by Gasteiger charge is -2.31. The molecule has 0 saturated carbocycles. The molecule has 1 atom stereocenters. The highest BCUT2D eigenvalue weighted by Crippen LogP contribution is 2.47. The van der Waals surface area contributed by atoms with Crippen molar-refractivity contribution >= 4 is 40.2 Å². The molecule has 4 aromatic rings. The van der Waals surface area contributed by atoms with Crippen LogP contribution in [0.15, 0.2) is 50.3 Å². The van der Waals surface area contributed by atoms with Crippen LogP contribution < -0.4 is 5.32 Å². The maximum absolute atomic E-state index is 14.0. The number of nitrogens with zero attached hydrogens (tertiary/aromatic N) is 1. The minimum Gasteiger partial charge on any atom is -0.477 e. The maximum atomic E-state index is 14.0. The fourth-order valence-corrected chi connectivity index (χ4v) is 5.39. The van der Waals surface area contributed by atoms with E-state index < -0.39 is 29.3 Å². The summed E-state index contributed by atoms with van der Waals surface area (Å²) in [6, 6.07) is 4.12. The van der Waals surface area contributed by atoms with E-state index in [4.69, 9.17) is 4.42 Å². The predicted octanol–water partition coefficient (Wildman–Crippen LogP) is 5.32. The molecule has 4 N–H and O–H groups in total. The van der Waals surface area contributed by atoms with Crippen molar-refractivity contribution in [3.8, 4) is 0 Å². The van der Waals surface area contributed by atoms with Gasteiger partial charge in [-0.05, 0) is 36.7 Å². The van der Waals surface area contributed by atoms with E-state index in [0.29, 0.717) is 52.6 Å². The van der Waals surface area contributed by atoms with Crippen molar-refractivity contribution in [3.63, 3.8) is 0 Å². The molecular weight excluding hydrogens is 485 g/mol. The topological polar surface area (TPSA) is 124 Å². The van der Waals surface area contributed by atoms with E-state index in [1.807, 2.05) is 0 Å². The number of Topliss-reactive ketones (excluding diaryl/α,β-unsaturated/α-hetero) is 1. The Morgan fingerprint density at radius 1 is 1.20 bits per heavy atom. The molecule has 1 aliphatic heterocycles. The number of allylic oxidation sites excluding steroid dienone is 2. The number of carboxylic acid groups (broad SMARTS) is 1. The number of aromatic carboxylic acids is 1. The van der Waals surface area contributed by atoms with E-state index >= 15 is 0 Å². The Hall–Kier alpha value is -3.93. The number of hydrogen-bond donors (Lipinski definition) is 4. The monoisotopic (exact) mass is 500 g/mol. The Morgan fingerprint density at radius 3 is 2.83 bits per heavy atom. The molecule has 178 valence electrons. The summed E-state index contributed by atoms with van der Waals surface area (Å²) in [7, 11) is 0. The summed E-state index contributed by atoms with van der Waals surface area (Å²) in [5.74, 6) is -5.71. The van der Waals surface area contributed by atoms with Gasteiger partial charge in [0.25, 0.3) is 0 Å². The molecule has 1 aliphatic carbocycles. The lowest BCUT2D eigenvalue weighted by molar-refractivity contribution is -0.116. The number of benzene rings is 1. The fourth-order valence-electron chi connectivity index (χ4n) is 4.62. The number of halogens is 3. The van der Waals surface area contributed by atoms with E-state index in [1.165, 1.54) is 0 Å². The Bertz CT molecular complexity index is 1580. The molecule has 0 fully saturated rings. The van der Waals surface area contributed by atoms with Crippen LogP contribution in [-0.2, 0) is 4.79 Å². The molecule has 1 aromatic carbocycles. The highest BCUT2D eigenvalue weighted by atomic mass is 32.2. The van der Waals surface area contributed by atoms with Crippen LogP contribution in [0.2, 0.25) is 0 Å². The zero-order valence-corrected chi connectivity index (χ0v) is 18.5. The van der Waals surface area contributed by atoms with Gasteiger partial charge in [-0.2, -0.15) is 0 Å². The number of carboxylic acids is 1. The first-order valence-corrected chi connectivity index (χ1v) is 11.4. The largest absolute Gasteiger partial charge is 0.477 e. The average molecular weight is 500 g/mol. The van der Waals surface area contributed by atoms with Crippen LogP contribution in [0.3, 0.4) is 0 Å². The number of H-pyrrole nitrogens is 2. The second-order valence-electron chi connectivity index (χ2n) is 8.21. The SMILES string of the molecule is O=C1CCCC2=C1C(c1ccc(Sc3nc4c(F)c(F)c(F)cc4[nH]3)o1)c1c[nH]c(C(=O)O)c1N2. The zero-order chi connectivity index (χ0) is 24.4. The highest BCUT2D eigenvalue weighted by Gasteiger charge is 2.39. The predicted molar refractivity (Wildman–Crippen MR) is 118 cm³/mol. The average Bonchev–Trinajstić information content (AvgIpc) is 3.55. The van der Waals surface area contributed by atoms with E-state index in [1.54, 1.807) is 18.3 Å². The quantitative estimate of drug-likeness (QED) is 0.280. The summed E-state index contributed by atoms with van der Waals surface area (Å²) in [4.78, 5) is 34.0.